The van der Waals surface area contributed by atoms with E-state index in [1.165, 1.54) is 6.07 Å². The quantitative estimate of drug-likeness (QED) is 0.667. The molecular formula is C11H15FN2. The molecule has 1 fully saturated rings. The van der Waals surface area contributed by atoms with Gasteiger partial charge in [-0.1, -0.05) is 6.92 Å². The first-order valence-electron chi connectivity index (χ1n) is 4.88. The van der Waals surface area contributed by atoms with Crippen LogP contribution in [0.2, 0.25) is 0 Å². The molecule has 1 aliphatic rings. The maximum absolute atomic E-state index is 13.1. The van der Waals surface area contributed by atoms with Crippen LogP contribution in [-0.2, 0) is 5.41 Å². The smallest absolute Gasteiger partial charge is 0.123 e. The van der Waals surface area contributed by atoms with Crippen molar-refractivity contribution in [3.05, 3.63) is 29.6 Å². The Morgan fingerprint density at radius 2 is 2.29 bits per heavy atom. The highest BCUT2D eigenvalue weighted by Gasteiger charge is 2.32. The molecule has 14 heavy (non-hydrogen) atoms. The lowest BCUT2D eigenvalue weighted by Crippen LogP contribution is -2.26. The van der Waals surface area contributed by atoms with E-state index in [1.54, 1.807) is 12.1 Å². The van der Waals surface area contributed by atoms with Crippen molar-refractivity contribution in [1.29, 1.82) is 0 Å². The third kappa shape index (κ3) is 1.48. The van der Waals surface area contributed by atoms with Crippen LogP contribution < -0.4 is 11.1 Å². The lowest BCUT2D eigenvalue weighted by molar-refractivity contribution is 0.520. The molecule has 76 valence electrons. The van der Waals surface area contributed by atoms with Gasteiger partial charge in [0.15, 0.2) is 0 Å². The minimum Gasteiger partial charge on any atom is -0.398 e. The zero-order valence-electron chi connectivity index (χ0n) is 8.31. The molecule has 2 nitrogen and oxygen atoms in total. The number of nitrogens with two attached hydrogens (primary N) is 1. The maximum Gasteiger partial charge on any atom is 0.123 e. The van der Waals surface area contributed by atoms with Crippen molar-refractivity contribution in [2.45, 2.75) is 18.8 Å². The normalized spacial score (nSPS) is 26.7. The molecule has 1 saturated heterocycles. The fourth-order valence-corrected chi connectivity index (χ4v) is 2.10. The molecule has 0 spiro atoms. The largest absolute Gasteiger partial charge is 0.398 e. The SMILES string of the molecule is CC1(c2cc(F)ccc2N)CCNC1. The molecule has 1 atom stereocenters. The Morgan fingerprint density at radius 3 is 2.93 bits per heavy atom. The summed E-state index contributed by atoms with van der Waals surface area (Å²) in [6, 6.07) is 4.61. The summed E-state index contributed by atoms with van der Waals surface area (Å²) in [6.07, 6.45) is 1.01. The minimum absolute atomic E-state index is 0.00775. The average molecular weight is 194 g/mol. The summed E-state index contributed by atoms with van der Waals surface area (Å²) in [4.78, 5) is 0. The Labute approximate surface area is 83.3 Å². The Hall–Kier alpha value is -1.09. The van der Waals surface area contributed by atoms with Gasteiger partial charge in [-0.15, -0.1) is 0 Å². The van der Waals surface area contributed by atoms with Crippen LogP contribution in [0.5, 0.6) is 0 Å². The van der Waals surface area contributed by atoms with Gasteiger partial charge in [0.1, 0.15) is 5.82 Å². The molecule has 0 amide bonds. The van der Waals surface area contributed by atoms with Crippen molar-refractivity contribution in [2.24, 2.45) is 0 Å². The summed E-state index contributed by atoms with van der Waals surface area (Å²) in [7, 11) is 0. The Bertz CT molecular complexity index is 343. The standard InChI is InChI=1S/C11H15FN2/c1-11(4-5-14-7-11)9-6-8(12)2-3-10(9)13/h2-3,6,14H,4-5,7,13H2,1H3. The molecule has 0 aliphatic carbocycles. The fraction of sp³-hybridized carbons (Fsp3) is 0.455. The second-order valence-electron chi connectivity index (χ2n) is 4.22. The van der Waals surface area contributed by atoms with Gasteiger partial charge in [-0.25, -0.2) is 4.39 Å². The second-order valence-corrected chi connectivity index (χ2v) is 4.22. The number of benzene rings is 1. The first kappa shape index (κ1) is 9.46. The van der Waals surface area contributed by atoms with E-state index >= 15 is 0 Å². The van der Waals surface area contributed by atoms with Crippen molar-refractivity contribution in [2.75, 3.05) is 18.8 Å². The van der Waals surface area contributed by atoms with Crippen molar-refractivity contribution >= 4 is 5.69 Å². The van der Waals surface area contributed by atoms with Crippen molar-refractivity contribution in [3.63, 3.8) is 0 Å². The van der Waals surface area contributed by atoms with Crippen LogP contribution in [0.4, 0.5) is 10.1 Å². The van der Waals surface area contributed by atoms with Crippen LogP contribution in [-0.4, -0.2) is 13.1 Å². The molecule has 1 aliphatic heterocycles. The van der Waals surface area contributed by atoms with Crippen LogP contribution in [0.1, 0.15) is 18.9 Å². The van der Waals surface area contributed by atoms with E-state index in [0.29, 0.717) is 5.69 Å². The summed E-state index contributed by atoms with van der Waals surface area (Å²) >= 11 is 0. The summed E-state index contributed by atoms with van der Waals surface area (Å²) in [5, 5.41) is 3.28. The third-order valence-corrected chi connectivity index (χ3v) is 3.03. The van der Waals surface area contributed by atoms with Gasteiger partial charge >= 0.3 is 0 Å². The molecule has 0 bridgehead atoms. The topological polar surface area (TPSA) is 38.0 Å². The molecular weight excluding hydrogens is 179 g/mol. The number of hydrogen-bond donors (Lipinski definition) is 2. The van der Waals surface area contributed by atoms with Crippen LogP contribution in [0.15, 0.2) is 18.2 Å². The second kappa shape index (κ2) is 3.24. The van der Waals surface area contributed by atoms with E-state index in [2.05, 4.69) is 12.2 Å². The van der Waals surface area contributed by atoms with Crippen LogP contribution in [0.3, 0.4) is 0 Å². The van der Waals surface area contributed by atoms with Gasteiger partial charge in [-0.05, 0) is 36.7 Å². The molecule has 1 aromatic carbocycles. The van der Waals surface area contributed by atoms with Crippen molar-refractivity contribution < 1.29 is 4.39 Å². The maximum atomic E-state index is 13.1. The molecule has 3 N–H and O–H groups in total. The molecule has 1 unspecified atom stereocenters. The summed E-state index contributed by atoms with van der Waals surface area (Å²) in [6.45, 7) is 3.98. The van der Waals surface area contributed by atoms with E-state index in [1.807, 2.05) is 0 Å². The van der Waals surface area contributed by atoms with Gasteiger partial charge in [0.2, 0.25) is 0 Å². The highest BCUT2D eigenvalue weighted by molar-refractivity contribution is 5.51. The zero-order chi connectivity index (χ0) is 10.2. The summed E-state index contributed by atoms with van der Waals surface area (Å²) < 4.78 is 13.1. The number of rotatable bonds is 1. The monoisotopic (exact) mass is 194 g/mol. The Balaban J connectivity index is 2.44. The molecule has 0 aromatic heterocycles. The van der Waals surface area contributed by atoms with Crippen LogP contribution >= 0.6 is 0 Å². The van der Waals surface area contributed by atoms with E-state index in [9.17, 15) is 4.39 Å². The first-order valence-corrected chi connectivity index (χ1v) is 4.88. The van der Waals surface area contributed by atoms with Crippen molar-refractivity contribution in [3.8, 4) is 0 Å². The first-order chi connectivity index (χ1) is 6.62. The average Bonchev–Trinajstić information content (AvgIpc) is 2.58. The van der Waals surface area contributed by atoms with Gasteiger partial charge in [-0.3, -0.25) is 0 Å². The van der Waals surface area contributed by atoms with E-state index in [-0.39, 0.29) is 11.2 Å². The highest BCUT2D eigenvalue weighted by atomic mass is 19.1. The zero-order valence-corrected chi connectivity index (χ0v) is 8.31. The van der Waals surface area contributed by atoms with E-state index in [0.717, 1.165) is 25.1 Å². The predicted octanol–water partition coefficient (Wildman–Crippen LogP) is 1.66. The summed E-state index contributed by atoms with van der Waals surface area (Å²) in [5.74, 6) is -0.206. The third-order valence-electron chi connectivity index (χ3n) is 3.03. The minimum atomic E-state index is -0.206. The van der Waals surface area contributed by atoms with E-state index < -0.39 is 0 Å². The van der Waals surface area contributed by atoms with Gasteiger partial charge in [0.05, 0.1) is 0 Å². The number of nitrogens with one attached hydrogen (secondary N) is 1. The Morgan fingerprint density at radius 1 is 1.50 bits per heavy atom. The number of halogens is 1. The molecule has 0 saturated carbocycles. The molecule has 1 aromatic rings. The number of hydrogen-bond acceptors (Lipinski definition) is 2. The molecule has 3 heteroatoms. The number of nitrogen functional groups attached to an aromatic ring is 1. The van der Waals surface area contributed by atoms with E-state index in [4.69, 9.17) is 5.73 Å². The molecule has 0 radical (unpaired) electrons. The molecule has 2 rings (SSSR count). The summed E-state index contributed by atoms with van der Waals surface area (Å²) in [5.41, 5.74) is 7.48. The van der Waals surface area contributed by atoms with Crippen LogP contribution in [0, 0.1) is 5.82 Å². The van der Waals surface area contributed by atoms with Gasteiger partial charge in [0, 0.05) is 17.6 Å². The lowest BCUT2D eigenvalue weighted by atomic mass is 9.81. The van der Waals surface area contributed by atoms with Crippen molar-refractivity contribution in [1.82, 2.24) is 5.32 Å². The fourth-order valence-electron chi connectivity index (χ4n) is 2.10. The highest BCUT2D eigenvalue weighted by Crippen LogP contribution is 2.34. The Kier molecular flexibility index (Phi) is 2.19. The van der Waals surface area contributed by atoms with Gasteiger partial charge in [-0.2, -0.15) is 0 Å². The van der Waals surface area contributed by atoms with Gasteiger partial charge in [0.25, 0.3) is 0 Å². The lowest BCUT2D eigenvalue weighted by Gasteiger charge is -2.24. The molecule has 1 heterocycles. The van der Waals surface area contributed by atoms with Crippen LogP contribution in [0.25, 0.3) is 0 Å². The number of anilines is 1. The predicted molar refractivity (Wildman–Crippen MR) is 55.7 cm³/mol. The van der Waals surface area contributed by atoms with Gasteiger partial charge < -0.3 is 11.1 Å².